The molecule has 2 amide bonds. The average Bonchev–Trinajstić information content (AvgIpc) is 2.86. The van der Waals surface area contributed by atoms with Crippen LogP contribution < -0.4 is 20.1 Å². The number of hydrogen-bond acceptors (Lipinski definition) is 5. The zero-order chi connectivity index (χ0) is 23.5. The van der Waals surface area contributed by atoms with Gasteiger partial charge in [0.15, 0.2) is 11.5 Å². The van der Waals surface area contributed by atoms with Gasteiger partial charge in [0.1, 0.15) is 19.3 Å². The third-order valence-electron chi connectivity index (χ3n) is 4.87. The fourth-order valence-corrected chi connectivity index (χ4v) is 3.03. The van der Waals surface area contributed by atoms with Gasteiger partial charge in [0.25, 0.3) is 0 Å². The van der Waals surface area contributed by atoms with Crippen molar-refractivity contribution in [2.45, 2.75) is 32.7 Å². The van der Waals surface area contributed by atoms with Crippen molar-refractivity contribution in [2.75, 3.05) is 7.11 Å². The summed E-state index contributed by atoms with van der Waals surface area (Å²) in [4.78, 5) is 24.3. The minimum atomic E-state index is -0.747. The molecule has 172 valence electrons. The van der Waals surface area contributed by atoms with E-state index in [9.17, 15) is 9.59 Å². The molecule has 3 aromatic rings. The van der Waals surface area contributed by atoms with Gasteiger partial charge in [-0.05, 0) is 35.7 Å². The van der Waals surface area contributed by atoms with Crippen LogP contribution in [0.4, 0.5) is 4.79 Å². The Balaban J connectivity index is 1.45. The Hall–Kier alpha value is -4.00. The molecule has 0 spiro atoms. The Bertz CT molecular complexity index is 1040. The van der Waals surface area contributed by atoms with Crippen LogP contribution in [0.25, 0.3) is 0 Å². The predicted molar refractivity (Wildman–Crippen MR) is 125 cm³/mol. The predicted octanol–water partition coefficient (Wildman–Crippen LogP) is 4.21. The van der Waals surface area contributed by atoms with Crippen molar-refractivity contribution in [3.05, 3.63) is 95.6 Å². The van der Waals surface area contributed by atoms with Crippen LogP contribution in [0, 0.1) is 0 Å². The van der Waals surface area contributed by atoms with E-state index in [1.54, 1.807) is 14.0 Å². The monoisotopic (exact) mass is 448 g/mol. The molecule has 0 fully saturated rings. The number of carbonyl (C=O) groups is 2. The molecule has 2 N–H and O–H groups in total. The lowest BCUT2D eigenvalue weighted by atomic mass is 10.2. The van der Waals surface area contributed by atoms with E-state index in [4.69, 9.17) is 14.2 Å². The van der Waals surface area contributed by atoms with Crippen LogP contribution in [-0.2, 0) is 29.3 Å². The highest BCUT2D eigenvalue weighted by Crippen LogP contribution is 2.28. The average molecular weight is 449 g/mol. The number of benzene rings is 3. The third kappa shape index (κ3) is 7.57. The molecular formula is C26H28N2O5. The van der Waals surface area contributed by atoms with Gasteiger partial charge in [0.05, 0.1) is 7.11 Å². The Morgan fingerprint density at radius 1 is 0.818 bits per heavy atom. The van der Waals surface area contributed by atoms with Crippen LogP contribution in [0.5, 0.6) is 11.5 Å². The second-order valence-electron chi connectivity index (χ2n) is 7.41. The lowest BCUT2D eigenvalue weighted by Crippen LogP contribution is -2.44. The second kappa shape index (κ2) is 12.1. The van der Waals surface area contributed by atoms with E-state index in [1.165, 1.54) is 0 Å². The molecular weight excluding hydrogens is 420 g/mol. The largest absolute Gasteiger partial charge is 0.493 e. The highest BCUT2D eigenvalue weighted by atomic mass is 16.5. The number of rotatable bonds is 10. The summed E-state index contributed by atoms with van der Waals surface area (Å²) in [6, 6.07) is 23.9. The van der Waals surface area contributed by atoms with Gasteiger partial charge in [-0.1, -0.05) is 66.7 Å². The molecule has 0 radical (unpaired) electrons. The molecule has 3 aromatic carbocycles. The first-order valence-electron chi connectivity index (χ1n) is 10.6. The van der Waals surface area contributed by atoms with E-state index in [-0.39, 0.29) is 19.1 Å². The smallest absolute Gasteiger partial charge is 0.408 e. The van der Waals surface area contributed by atoms with Gasteiger partial charge in [0.2, 0.25) is 5.91 Å². The summed E-state index contributed by atoms with van der Waals surface area (Å²) in [5, 5.41) is 5.33. The number of hydrogen-bond donors (Lipinski definition) is 2. The minimum Gasteiger partial charge on any atom is -0.493 e. The van der Waals surface area contributed by atoms with Crippen molar-refractivity contribution < 1.29 is 23.8 Å². The van der Waals surface area contributed by atoms with Gasteiger partial charge in [-0.25, -0.2) is 4.79 Å². The first kappa shape index (κ1) is 23.7. The van der Waals surface area contributed by atoms with Gasteiger partial charge in [0, 0.05) is 6.54 Å². The topological polar surface area (TPSA) is 85.9 Å². The van der Waals surface area contributed by atoms with E-state index in [0.29, 0.717) is 18.1 Å². The molecule has 1 unspecified atom stereocenters. The lowest BCUT2D eigenvalue weighted by molar-refractivity contribution is -0.122. The summed E-state index contributed by atoms with van der Waals surface area (Å²) in [5.74, 6) is 0.871. The zero-order valence-corrected chi connectivity index (χ0v) is 18.7. The van der Waals surface area contributed by atoms with E-state index >= 15 is 0 Å². The van der Waals surface area contributed by atoms with Gasteiger partial charge >= 0.3 is 6.09 Å². The molecule has 3 rings (SSSR count). The lowest BCUT2D eigenvalue weighted by Gasteiger charge is -2.15. The van der Waals surface area contributed by atoms with Gasteiger partial charge in [-0.3, -0.25) is 4.79 Å². The van der Waals surface area contributed by atoms with Crippen LogP contribution in [0.2, 0.25) is 0 Å². The molecule has 1 atom stereocenters. The highest BCUT2D eigenvalue weighted by Gasteiger charge is 2.16. The number of ether oxygens (including phenoxy) is 3. The summed E-state index contributed by atoms with van der Waals surface area (Å²) >= 11 is 0. The maximum absolute atomic E-state index is 12.4. The number of alkyl carbamates (subject to hydrolysis) is 1. The SMILES string of the molecule is COc1cc(CNC(=O)C(C)NC(=O)OCc2ccccc2)ccc1OCc1ccccc1. The summed E-state index contributed by atoms with van der Waals surface area (Å²) in [7, 11) is 1.57. The number of amides is 2. The van der Waals surface area contributed by atoms with Crippen molar-refractivity contribution in [1.82, 2.24) is 10.6 Å². The third-order valence-corrected chi connectivity index (χ3v) is 4.87. The van der Waals surface area contributed by atoms with Crippen molar-refractivity contribution in [2.24, 2.45) is 0 Å². The molecule has 7 heteroatoms. The first-order valence-corrected chi connectivity index (χ1v) is 10.6. The van der Waals surface area contributed by atoms with Crippen LogP contribution in [0.1, 0.15) is 23.6 Å². The standard InChI is InChI=1S/C26H28N2O5/c1-19(28-26(30)33-18-21-11-7-4-8-12-21)25(29)27-16-22-13-14-23(24(15-22)31-2)32-17-20-9-5-3-6-10-20/h3-15,19H,16-18H2,1-2H3,(H,27,29)(H,28,30). The van der Waals surface area contributed by atoms with Crippen LogP contribution in [-0.4, -0.2) is 25.2 Å². The molecule has 7 nitrogen and oxygen atoms in total. The normalized spacial score (nSPS) is 11.2. The van der Waals surface area contributed by atoms with Crippen LogP contribution >= 0.6 is 0 Å². The number of methoxy groups -OCH3 is 1. The highest BCUT2D eigenvalue weighted by molar-refractivity contribution is 5.85. The number of carbonyl (C=O) groups excluding carboxylic acids is 2. The van der Waals surface area contributed by atoms with Crippen molar-refractivity contribution >= 4 is 12.0 Å². The molecule has 33 heavy (non-hydrogen) atoms. The Morgan fingerprint density at radius 3 is 2.09 bits per heavy atom. The molecule has 0 aromatic heterocycles. The Morgan fingerprint density at radius 2 is 1.45 bits per heavy atom. The Kier molecular flexibility index (Phi) is 8.71. The van der Waals surface area contributed by atoms with E-state index in [1.807, 2.05) is 78.9 Å². The van der Waals surface area contributed by atoms with E-state index in [2.05, 4.69) is 10.6 Å². The van der Waals surface area contributed by atoms with E-state index in [0.717, 1.165) is 16.7 Å². The molecule has 0 heterocycles. The zero-order valence-electron chi connectivity index (χ0n) is 18.7. The molecule has 0 aliphatic rings. The first-order chi connectivity index (χ1) is 16.0. The van der Waals surface area contributed by atoms with Gasteiger partial charge in [-0.2, -0.15) is 0 Å². The summed E-state index contributed by atoms with van der Waals surface area (Å²) in [5.41, 5.74) is 2.76. The summed E-state index contributed by atoms with van der Waals surface area (Å²) in [6.07, 6.45) is -0.650. The molecule has 0 saturated carbocycles. The van der Waals surface area contributed by atoms with Gasteiger partial charge < -0.3 is 24.8 Å². The van der Waals surface area contributed by atoms with Gasteiger partial charge in [-0.15, -0.1) is 0 Å². The fourth-order valence-electron chi connectivity index (χ4n) is 3.03. The van der Waals surface area contributed by atoms with Crippen LogP contribution in [0.15, 0.2) is 78.9 Å². The van der Waals surface area contributed by atoms with Crippen molar-refractivity contribution in [3.63, 3.8) is 0 Å². The molecule has 0 aliphatic heterocycles. The summed E-state index contributed by atoms with van der Waals surface area (Å²) in [6.45, 7) is 2.44. The Labute approximate surface area is 193 Å². The molecule has 0 saturated heterocycles. The van der Waals surface area contributed by atoms with E-state index < -0.39 is 12.1 Å². The second-order valence-corrected chi connectivity index (χ2v) is 7.41. The minimum absolute atomic E-state index is 0.138. The molecule has 0 aliphatic carbocycles. The van der Waals surface area contributed by atoms with Crippen molar-refractivity contribution in [3.8, 4) is 11.5 Å². The van der Waals surface area contributed by atoms with Crippen molar-refractivity contribution in [1.29, 1.82) is 0 Å². The molecule has 0 bridgehead atoms. The fraction of sp³-hybridized carbons (Fsp3) is 0.231. The summed E-state index contributed by atoms with van der Waals surface area (Å²) < 4.78 is 16.4. The maximum atomic E-state index is 12.4. The van der Waals surface area contributed by atoms with Crippen LogP contribution in [0.3, 0.4) is 0 Å². The maximum Gasteiger partial charge on any atom is 0.408 e. The quantitative estimate of drug-likeness (QED) is 0.485. The number of nitrogens with one attached hydrogen (secondary N) is 2.